The van der Waals surface area contributed by atoms with Gasteiger partial charge in [-0.15, -0.1) is 0 Å². The van der Waals surface area contributed by atoms with Crippen molar-refractivity contribution >= 4 is 0 Å². The molecule has 17 heteroatoms. The first-order valence-corrected chi connectivity index (χ1v) is 13.8. The van der Waals surface area contributed by atoms with E-state index in [2.05, 4.69) is 14.2 Å². The molecule has 1 aliphatic carbocycles. The Morgan fingerprint density at radius 3 is 1.69 bits per heavy atom. The molecule has 5 atom stereocenters. The van der Waals surface area contributed by atoms with Crippen molar-refractivity contribution in [2.24, 2.45) is 0 Å². The average molecular weight is 631 g/mol. The van der Waals surface area contributed by atoms with Crippen LogP contribution in [0.3, 0.4) is 0 Å². The molecule has 0 amide bonds. The molecule has 42 heavy (non-hydrogen) atoms. The smallest absolute Gasteiger partial charge is 0.383 e. The van der Waals surface area contributed by atoms with Crippen LogP contribution in [0.15, 0.2) is 0 Å². The van der Waals surface area contributed by atoms with Gasteiger partial charge in [-0.05, 0) is 25.7 Å². The quantitative estimate of drug-likeness (QED) is 0.0563. The van der Waals surface area contributed by atoms with Crippen molar-refractivity contribution in [3.8, 4) is 0 Å². The summed E-state index contributed by atoms with van der Waals surface area (Å²) in [5.74, 6) is 0. The minimum atomic E-state index is -4.39. The van der Waals surface area contributed by atoms with Gasteiger partial charge in [0, 0.05) is 13.2 Å². The van der Waals surface area contributed by atoms with Crippen molar-refractivity contribution in [3.63, 3.8) is 0 Å². The summed E-state index contributed by atoms with van der Waals surface area (Å²) in [6.45, 7) is -4.90. The molecule has 0 aliphatic heterocycles. The molecule has 0 bridgehead atoms. The van der Waals surface area contributed by atoms with Crippen LogP contribution in [0.5, 0.6) is 0 Å². The lowest BCUT2D eigenvalue weighted by atomic mass is 10.2. The Morgan fingerprint density at radius 2 is 1.07 bits per heavy atom. The highest BCUT2D eigenvalue weighted by Gasteiger charge is 2.44. The largest absolute Gasteiger partial charge is 0.396 e. The van der Waals surface area contributed by atoms with E-state index in [4.69, 9.17) is 33.9 Å². The van der Waals surface area contributed by atoms with Crippen LogP contribution in [0.4, 0.5) is 17.6 Å². The van der Waals surface area contributed by atoms with Gasteiger partial charge < -0.3 is 58.7 Å². The van der Waals surface area contributed by atoms with Gasteiger partial charge in [-0.2, -0.15) is 17.6 Å². The van der Waals surface area contributed by atoms with Gasteiger partial charge >= 0.3 is 12.2 Å². The zero-order valence-corrected chi connectivity index (χ0v) is 23.6. The highest BCUT2D eigenvalue weighted by molar-refractivity contribution is 4.79. The number of hydrogen-bond acceptors (Lipinski definition) is 13. The molecular weight excluding hydrogens is 584 g/mol. The molecule has 0 heterocycles. The molecule has 5 N–H and O–H groups in total. The number of hydrogen-bond donors (Lipinski definition) is 5. The molecule has 0 aromatic carbocycles. The van der Waals surface area contributed by atoms with Gasteiger partial charge in [-0.3, -0.25) is 4.74 Å². The van der Waals surface area contributed by atoms with E-state index < -0.39 is 50.3 Å². The summed E-state index contributed by atoms with van der Waals surface area (Å²) in [4.78, 5) is 0. The standard InChI is InChI=1S/C25H46F4O13/c26-24(27,17-37-10-9-36-12-21(34)16-41-23-4-1-3-22(23)40-8-6-31)42-25(28,29)18-39-15-20(33)14-38-13-19(32)11-35-7-2-5-30/h19-23,30-34H,1-18H2. The lowest BCUT2D eigenvalue weighted by Gasteiger charge is -2.24. The number of ether oxygens (including phenoxy) is 8. The molecule has 1 rings (SSSR count). The molecule has 0 radical (unpaired) electrons. The fraction of sp³-hybridized carbons (Fsp3) is 1.00. The molecule has 0 spiro atoms. The lowest BCUT2D eigenvalue weighted by Crippen LogP contribution is -2.40. The summed E-state index contributed by atoms with van der Waals surface area (Å²) < 4.78 is 94.0. The predicted molar refractivity (Wildman–Crippen MR) is 135 cm³/mol. The summed E-state index contributed by atoms with van der Waals surface area (Å²) in [7, 11) is 0. The Balaban J connectivity index is 2.10. The molecule has 13 nitrogen and oxygen atoms in total. The van der Waals surface area contributed by atoms with Crippen LogP contribution in [-0.4, -0.2) is 161 Å². The third-order valence-electron chi connectivity index (χ3n) is 5.53. The summed E-state index contributed by atoms with van der Waals surface area (Å²) in [5, 5.41) is 46.7. The summed E-state index contributed by atoms with van der Waals surface area (Å²) in [6.07, 6.45) is -9.64. The topological polar surface area (TPSA) is 175 Å². The second-order valence-corrected chi connectivity index (χ2v) is 9.61. The van der Waals surface area contributed by atoms with Crippen LogP contribution < -0.4 is 0 Å². The minimum absolute atomic E-state index is 0.0388. The Bertz CT molecular complexity index is 653. The first kappa shape index (κ1) is 39.2. The SMILES string of the molecule is OCCCOCC(O)COCC(O)COCC(F)(F)OC(F)(F)COCCOCC(O)COC1CCCC1OCCO. The molecule has 1 aliphatic rings. The first-order valence-electron chi connectivity index (χ1n) is 13.8. The molecule has 1 fully saturated rings. The monoisotopic (exact) mass is 630 g/mol. The lowest BCUT2D eigenvalue weighted by molar-refractivity contribution is -0.394. The summed E-state index contributed by atoms with van der Waals surface area (Å²) >= 11 is 0. The van der Waals surface area contributed by atoms with Gasteiger partial charge in [0.2, 0.25) is 0 Å². The fourth-order valence-electron chi connectivity index (χ4n) is 3.70. The molecule has 0 aromatic heterocycles. The summed E-state index contributed by atoms with van der Waals surface area (Å²) in [5.41, 5.74) is 0. The average Bonchev–Trinajstić information content (AvgIpc) is 3.37. The highest BCUT2D eigenvalue weighted by atomic mass is 19.3. The van der Waals surface area contributed by atoms with Gasteiger partial charge in [-0.1, -0.05) is 0 Å². The van der Waals surface area contributed by atoms with Gasteiger partial charge in [0.15, 0.2) is 0 Å². The van der Waals surface area contributed by atoms with E-state index in [1.54, 1.807) is 0 Å². The number of aliphatic hydroxyl groups excluding tert-OH is 5. The number of aliphatic hydroxyl groups is 5. The van der Waals surface area contributed by atoms with Gasteiger partial charge in [0.25, 0.3) is 0 Å². The van der Waals surface area contributed by atoms with E-state index >= 15 is 0 Å². The fourth-order valence-corrected chi connectivity index (χ4v) is 3.70. The second-order valence-electron chi connectivity index (χ2n) is 9.61. The van der Waals surface area contributed by atoms with Crippen molar-refractivity contribution in [1.82, 2.24) is 0 Å². The molecule has 1 saturated carbocycles. The molecular formula is C25H46F4O13. The van der Waals surface area contributed by atoms with Crippen LogP contribution in [0.25, 0.3) is 0 Å². The van der Waals surface area contributed by atoms with Crippen molar-refractivity contribution in [3.05, 3.63) is 0 Å². The molecule has 0 saturated heterocycles. The van der Waals surface area contributed by atoms with Gasteiger partial charge in [0.05, 0.1) is 78.3 Å². The van der Waals surface area contributed by atoms with Crippen molar-refractivity contribution < 1.29 is 81.0 Å². The van der Waals surface area contributed by atoms with E-state index in [0.29, 0.717) is 6.42 Å². The maximum Gasteiger partial charge on any atom is 0.383 e. The van der Waals surface area contributed by atoms with Gasteiger partial charge in [0.1, 0.15) is 31.5 Å². The van der Waals surface area contributed by atoms with Crippen LogP contribution in [0.1, 0.15) is 25.7 Å². The zero-order valence-electron chi connectivity index (χ0n) is 23.6. The molecule has 0 aromatic rings. The Morgan fingerprint density at radius 1 is 0.571 bits per heavy atom. The highest BCUT2D eigenvalue weighted by Crippen LogP contribution is 2.28. The van der Waals surface area contributed by atoms with Crippen molar-refractivity contribution in [2.45, 2.75) is 68.4 Å². The maximum absolute atomic E-state index is 13.8. The predicted octanol–water partition coefficient (Wildman–Crippen LogP) is -0.317. The summed E-state index contributed by atoms with van der Waals surface area (Å²) in [6, 6.07) is 0. The zero-order chi connectivity index (χ0) is 31.3. The second kappa shape index (κ2) is 22.7. The third kappa shape index (κ3) is 20.2. The van der Waals surface area contributed by atoms with E-state index in [0.717, 1.165) is 19.3 Å². The maximum atomic E-state index is 13.8. The van der Waals surface area contributed by atoms with Crippen molar-refractivity contribution in [2.75, 3.05) is 92.5 Å². The Labute approximate surface area is 242 Å². The minimum Gasteiger partial charge on any atom is -0.396 e. The Kier molecular flexibility index (Phi) is 21.2. The van der Waals surface area contributed by atoms with Crippen LogP contribution >= 0.6 is 0 Å². The third-order valence-corrected chi connectivity index (χ3v) is 5.53. The van der Waals surface area contributed by atoms with Crippen LogP contribution in [0.2, 0.25) is 0 Å². The molecule has 5 unspecified atom stereocenters. The van der Waals surface area contributed by atoms with Crippen LogP contribution in [0, 0.1) is 0 Å². The number of halogens is 4. The van der Waals surface area contributed by atoms with E-state index in [1.165, 1.54) is 0 Å². The van der Waals surface area contributed by atoms with E-state index in [-0.39, 0.29) is 84.9 Å². The first-order chi connectivity index (χ1) is 20.0. The van der Waals surface area contributed by atoms with Gasteiger partial charge in [-0.25, -0.2) is 0 Å². The number of rotatable bonds is 28. The normalized spacial score (nSPS) is 20.2. The number of alkyl halides is 4. The molecule has 252 valence electrons. The van der Waals surface area contributed by atoms with E-state index in [1.807, 2.05) is 0 Å². The van der Waals surface area contributed by atoms with Crippen LogP contribution in [-0.2, 0) is 37.9 Å². The van der Waals surface area contributed by atoms with Crippen molar-refractivity contribution in [1.29, 1.82) is 0 Å². The van der Waals surface area contributed by atoms with E-state index in [9.17, 15) is 32.9 Å². The Hall–Kier alpha value is -0.800.